The molecule has 0 aliphatic carbocycles. The van der Waals surface area contributed by atoms with E-state index < -0.39 is 0 Å². The summed E-state index contributed by atoms with van der Waals surface area (Å²) >= 11 is 6.14. The highest BCUT2D eigenvalue weighted by Crippen LogP contribution is 2.23. The van der Waals surface area contributed by atoms with E-state index in [0.717, 1.165) is 18.4 Å². The summed E-state index contributed by atoms with van der Waals surface area (Å²) in [6, 6.07) is 10.0. The largest absolute Gasteiger partial charge is 0.339 e. The van der Waals surface area contributed by atoms with Gasteiger partial charge in [-0.2, -0.15) is 4.98 Å². The van der Waals surface area contributed by atoms with Crippen LogP contribution < -0.4 is 0 Å². The first-order valence-electron chi connectivity index (χ1n) is 5.80. The number of alkyl halides is 1. The Balaban J connectivity index is 2.04. The molecule has 1 atom stereocenters. The van der Waals surface area contributed by atoms with Gasteiger partial charge >= 0.3 is 0 Å². The van der Waals surface area contributed by atoms with Crippen molar-refractivity contribution in [1.29, 1.82) is 0 Å². The van der Waals surface area contributed by atoms with E-state index in [0.29, 0.717) is 18.1 Å². The van der Waals surface area contributed by atoms with Crippen molar-refractivity contribution in [1.82, 2.24) is 10.1 Å². The summed E-state index contributed by atoms with van der Waals surface area (Å²) in [7, 11) is 0. The summed E-state index contributed by atoms with van der Waals surface area (Å²) in [4.78, 5) is 4.31. The van der Waals surface area contributed by atoms with Gasteiger partial charge in [-0.15, -0.1) is 11.6 Å². The highest BCUT2D eigenvalue weighted by Gasteiger charge is 2.14. The maximum absolute atomic E-state index is 6.14. The van der Waals surface area contributed by atoms with Crippen LogP contribution >= 0.6 is 11.6 Å². The Morgan fingerprint density at radius 1 is 1.29 bits per heavy atom. The first kappa shape index (κ1) is 12.1. The molecule has 0 bridgehead atoms. The van der Waals surface area contributed by atoms with Crippen molar-refractivity contribution in [3.63, 3.8) is 0 Å². The van der Waals surface area contributed by atoms with Crippen LogP contribution in [0.3, 0.4) is 0 Å². The van der Waals surface area contributed by atoms with Crippen molar-refractivity contribution in [3.8, 4) is 0 Å². The average molecular weight is 251 g/mol. The molecular weight excluding hydrogens is 236 g/mol. The molecule has 2 rings (SSSR count). The molecule has 0 spiro atoms. The van der Waals surface area contributed by atoms with Gasteiger partial charge in [0.15, 0.2) is 5.82 Å². The zero-order chi connectivity index (χ0) is 12.1. The fourth-order valence-electron chi connectivity index (χ4n) is 1.62. The predicted molar refractivity (Wildman–Crippen MR) is 67.0 cm³/mol. The van der Waals surface area contributed by atoms with Crippen LogP contribution in [0.15, 0.2) is 34.9 Å². The second-order valence-corrected chi connectivity index (χ2v) is 4.49. The van der Waals surface area contributed by atoms with E-state index >= 15 is 0 Å². The van der Waals surface area contributed by atoms with Gasteiger partial charge in [-0.1, -0.05) is 48.8 Å². The second-order valence-electron chi connectivity index (χ2n) is 3.96. The van der Waals surface area contributed by atoms with Gasteiger partial charge in [0.2, 0.25) is 5.89 Å². The third kappa shape index (κ3) is 3.30. The topological polar surface area (TPSA) is 38.9 Å². The molecule has 0 saturated carbocycles. The molecule has 0 fully saturated rings. The smallest absolute Gasteiger partial charge is 0.231 e. The van der Waals surface area contributed by atoms with Gasteiger partial charge in [0.05, 0.1) is 11.8 Å². The number of halogens is 1. The highest BCUT2D eigenvalue weighted by molar-refractivity contribution is 6.20. The summed E-state index contributed by atoms with van der Waals surface area (Å²) in [5.74, 6) is 1.22. The SMILES string of the molecule is CCCC(Cl)c1noc(Cc2ccccc2)n1. The van der Waals surface area contributed by atoms with Gasteiger partial charge in [0.25, 0.3) is 0 Å². The summed E-state index contributed by atoms with van der Waals surface area (Å²) in [6.45, 7) is 2.08. The first-order chi connectivity index (χ1) is 8.29. The van der Waals surface area contributed by atoms with E-state index in [4.69, 9.17) is 16.1 Å². The van der Waals surface area contributed by atoms with Crippen LogP contribution in [0.1, 0.15) is 42.4 Å². The van der Waals surface area contributed by atoms with Gasteiger partial charge in [-0.25, -0.2) is 0 Å². The van der Waals surface area contributed by atoms with Gasteiger partial charge in [0, 0.05) is 0 Å². The fraction of sp³-hybridized carbons (Fsp3) is 0.385. The summed E-state index contributed by atoms with van der Waals surface area (Å²) in [6.07, 6.45) is 2.53. The lowest BCUT2D eigenvalue weighted by atomic mass is 10.1. The number of aromatic nitrogens is 2. The molecule has 2 aromatic rings. The second kappa shape index (κ2) is 5.82. The highest BCUT2D eigenvalue weighted by atomic mass is 35.5. The Bertz CT molecular complexity index is 455. The Labute approximate surface area is 106 Å². The zero-order valence-corrected chi connectivity index (χ0v) is 10.5. The van der Waals surface area contributed by atoms with Crippen LogP contribution in [0.2, 0.25) is 0 Å². The van der Waals surface area contributed by atoms with Gasteiger partial charge in [-0.05, 0) is 12.0 Å². The Morgan fingerprint density at radius 2 is 2.06 bits per heavy atom. The van der Waals surface area contributed by atoms with Crippen LogP contribution in [0.5, 0.6) is 0 Å². The Kier molecular flexibility index (Phi) is 4.15. The predicted octanol–water partition coefficient (Wildman–Crippen LogP) is 3.74. The normalized spacial score (nSPS) is 12.6. The minimum absolute atomic E-state index is 0.145. The molecule has 1 heterocycles. The molecule has 17 heavy (non-hydrogen) atoms. The molecule has 90 valence electrons. The van der Waals surface area contributed by atoms with Crippen molar-refractivity contribution in [3.05, 3.63) is 47.6 Å². The van der Waals surface area contributed by atoms with Crippen LogP contribution in [-0.4, -0.2) is 10.1 Å². The molecule has 0 amide bonds. The summed E-state index contributed by atoms with van der Waals surface area (Å²) < 4.78 is 5.19. The number of benzene rings is 1. The maximum Gasteiger partial charge on any atom is 0.231 e. The standard InChI is InChI=1S/C13H15ClN2O/c1-2-6-11(14)13-15-12(17-16-13)9-10-7-4-3-5-8-10/h3-5,7-8,11H,2,6,9H2,1H3. The summed E-state index contributed by atoms with van der Waals surface area (Å²) in [5, 5.41) is 3.77. The fourth-order valence-corrected chi connectivity index (χ4v) is 1.93. The third-order valence-electron chi connectivity index (χ3n) is 2.50. The third-order valence-corrected chi connectivity index (χ3v) is 2.92. The lowest BCUT2D eigenvalue weighted by Crippen LogP contribution is -1.94. The molecule has 1 aromatic heterocycles. The molecular formula is C13H15ClN2O. The van der Waals surface area contributed by atoms with Crippen LogP contribution in [-0.2, 0) is 6.42 Å². The van der Waals surface area contributed by atoms with E-state index in [1.165, 1.54) is 0 Å². The molecule has 0 saturated heterocycles. The molecule has 0 N–H and O–H groups in total. The average Bonchev–Trinajstić information content (AvgIpc) is 2.79. The van der Waals surface area contributed by atoms with E-state index in [2.05, 4.69) is 17.1 Å². The van der Waals surface area contributed by atoms with E-state index in [9.17, 15) is 0 Å². The Morgan fingerprint density at radius 3 is 2.76 bits per heavy atom. The van der Waals surface area contributed by atoms with E-state index in [1.807, 2.05) is 30.3 Å². The van der Waals surface area contributed by atoms with E-state index in [1.54, 1.807) is 0 Å². The minimum atomic E-state index is -0.145. The summed E-state index contributed by atoms with van der Waals surface area (Å²) in [5.41, 5.74) is 1.16. The number of nitrogens with zero attached hydrogens (tertiary/aromatic N) is 2. The molecule has 0 aliphatic rings. The van der Waals surface area contributed by atoms with Crippen LogP contribution in [0.25, 0.3) is 0 Å². The number of hydrogen-bond acceptors (Lipinski definition) is 3. The monoisotopic (exact) mass is 250 g/mol. The quantitative estimate of drug-likeness (QED) is 0.759. The Hall–Kier alpha value is -1.35. The lowest BCUT2D eigenvalue weighted by molar-refractivity contribution is 0.378. The lowest BCUT2D eigenvalue weighted by Gasteiger charge is -1.99. The van der Waals surface area contributed by atoms with Gasteiger partial charge in [0.1, 0.15) is 0 Å². The molecule has 0 aliphatic heterocycles. The van der Waals surface area contributed by atoms with Crippen LogP contribution in [0, 0.1) is 0 Å². The van der Waals surface area contributed by atoms with Crippen LogP contribution in [0.4, 0.5) is 0 Å². The molecule has 3 nitrogen and oxygen atoms in total. The van der Waals surface area contributed by atoms with Crippen molar-refractivity contribution < 1.29 is 4.52 Å². The molecule has 4 heteroatoms. The van der Waals surface area contributed by atoms with Crippen molar-refractivity contribution in [2.75, 3.05) is 0 Å². The van der Waals surface area contributed by atoms with E-state index in [-0.39, 0.29) is 5.38 Å². The first-order valence-corrected chi connectivity index (χ1v) is 6.23. The molecule has 1 aromatic carbocycles. The minimum Gasteiger partial charge on any atom is -0.339 e. The van der Waals surface area contributed by atoms with Gasteiger partial charge < -0.3 is 4.52 Å². The number of rotatable bonds is 5. The van der Waals surface area contributed by atoms with Crippen molar-refractivity contribution >= 4 is 11.6 Å². The van der Waals surface area contributed by atoms with Crippen molar-refractivity contribution in [2.45, 2.75) is 31.6 Å². The maximum atomic E-state index is 6.14. The van der Waals surface area contributed by atoms with Gasteiger partial charge in [-0.3, -0.25) is 0 Å². The molecule has 1 unspecified atom stereocenters. The number of hydrogen-bond donors (Lipinski definition) is 0. The zero-order valence-electron chi connectivity index (χ0n) is 9.77. The van der Waals surface area contributed by atoms with Crippen molar-refractivity contribution in [2.24, 2.45) is 0 Å². The molecule has 0 radical (unpaired) electrons.